The van der Waals surface area contributed by atoms with E-state index in [1.807, 2.05) is 35.9 Å². The van der Waals surface area contributed by atoms with Gasteiger partial charge in [0.15, 0.2) is 5.52 Å². The number of hydrogen-bond donors (Lipinski definition) is 3. The largest absolute Gasteiger partial charge is 0.497 e. The van der Waals surface area contributed by atoms with Crippen molar-refractivity contribution in [2.75, 3.05) is 20.9 Å². The van der Waals surface area contributed by atoms with Gasteiger partial charge in [-0.3, -0.25) is 23.5 Å². The van der Waals surface area contributed by atoms with E-state index in [2.05, 4.69) is 20.6 Å². The molecule has 3 aromatic heterocycles. The Balaban J connectivity index is 1.14. The summed E-state index contributed by atoms with van der Waals surface area (Å²) in [6, 6.07) is 14.2. The highest BCUT2D eigenvalue weighted by Crippen LogP contribution is 2.33. The Hall–Kier alpha value is -6.51. The number of pyridine rings is 1. The Kier molecular flexibility index (Phi) is 9.52. The van der Waals surface area contributed by atoms with E-state index in [0.717, 1.165) is 15.6 Å². The van der Waals surface area contributed by atoms with Gasteiger partial charge in [0.25, 0.3) is 11.5 Å². The number of nitrogens with one attached hydrogen (secondary N) is 3. The second-order valence-electron chi connectivity index (χ2n) is 12.4. The Bertz CT molecular complexity index is 2480. The lowest BCUT2D eigenvalue weighted by Crippen LogP contribution is -2.37. The zero-order chi connectivity index (χ0) is 37.4. The maximum atomic E-state index is 14.1. The molecule has 0 fully saturated rings. The Morgan fingerprint density at radius 1 is 0.865 bits per heavy atom. The highest BCUT2D eigenvalue weighted by Gasteiger charge is 2.26. The van der Waals surface area contributed by atoms with Gasteiger partial charge in [0, 0.05) is 44.6 Å². The summed E-state index contributed by atoms with van der Waals surface area (Å²) in [4.78, 5) is 71.4. The summed E-state index contributed by atoms with van der Waals surface area (Å²) in [5, 5.41) is 6.59. The quantitative estimate of drug-likeness (QED) is 0.0634. The van der Waals surface area contributed by atoms with Crippen LogP contribution >= 0.6 is 0 Å². The number of benzene rings is 3. The summed E-state index contributed by atoms with van der Waals surface area (Å²) in [7, 11) is 7.93. The fourth-order valence-corrected chi connectivity index (χ4v) is 6.28. The minimum atomic E-state index is -0.586. The van der Waals surface area contributed by atoms with E-state index in [-0.39, 0.29) is 36.6 Å². The molecule has 0 radical (unpaired) electrons. The molecular weight excluding hydrogens is 670 g/mol. The number of nitrogens with zero attached hydrogens (tertiary/aromatic N) is 4. The van der Waals surface area contributed by atoms with E-state index in [1.54, 1.807) is 52.3 Å². The second-order valence-corrected chi connectivity index (χ2v) is 12.4. The van der Waals surface area contributed by atoms with Gasteiger partial charge in [0.05, 0.1) is 37.2 Å². The van der Waals surface area contributed by atoms with Crippen molar-refractivity contribution in [3.8, 4) is 17.2 Å². The number of esters is 1. The first-order chi connectivity index (χ1) is 24.8. The van der Waals surface area contributed by atoms with E-state index >= 15 is 0 Å². The predicted molar refractivity (Wildman–Crippen MR) is 192 cm³/mol. The third kappa shape index (κ3) is 6.43. The maximum Gasteiger partial charge on any atom is 0.345 e. The van der Waals surface area contributed by atoms with Gasteiger partial charge in [-0.15, -0.1) is 0 Å². The van der Waals surface area contributed by atoms with Crippen LogP contribution in [0.1, 0.15) is 44.1 Å². The molecule has 2 amide bonds. The maximum absolute atomic E-state index is 14.1. The Morgan fingerprint density at radius 2 is 1.46 bits per heavy atom. The number of aromatic amines is 1. The van der Waals surface area contributed by atoms with Gasteiger partial charge >= 0.3 is 11.7 Å². The van der Waals surface area contributed by atoms with Crippen LogP contribution in [-0.4, -0.2) is 57.8 Å². The Labute approximate surface area is 296 Å². The molecule has 0 aliphatic carbocycles. The lowest BCUT2D eigenvalue weighted by Gasteiger charge is -2.15. The number of imidazole rings is 1. The fourth-order valence-electron chi connectivity index (χ4n) is 6.28. The average molecular weight is 709 g/mol. The van der Waals surface area contributed by atoms with Crippen LogP contribution in [0.2, 0.25) is 0 Å². The van der Waals surface area contributed by atoms with Crippen LogP contribution in [0.5, 0.6) is 17.2 Å². The van der Waals surface area contributed by atoms with Gasteiger partial charge in [0.1, 0.15) is 35.8 Å². The molecule has 6 rings (SSSR count). The molecule has 0 aliphatic heterocycles. The van der Waals surface area contributed by atoms with Crippen LogP contribution in [-0.2, 0) is 32.4 Å². The number of aromatic nitrogens is 5. The van der Waals surface area contributed by atoms with Gasteiger partial charge in [-0.2, -0.15) is 4.57 Å². The Morgan fingerprint density at radius 3 is 2.04 bits per heavy atom. The van der Waals surface area contributed by atoms with Crippen LogP contribution in [0.4, 0.5) is 0 Å². The number of hydrogen-bond acceptors (Lipinski definition) is 9. The topological polar surface area (TPSA) is 180 Å². The molecule has 268 valence electrons. The monoisotopic (exact) mass is 708 g/mol. The van der Waals surface area contributed by atoms with Gasteiger partial charge in [-0.25, -0.2) is 14.6 Å². The zero-order valence-electron chi connectivity index (χ0n) is 29.8. The molecule has 15 nitrogen and oxygen atoms in total. The normalized spacial score (nSPS) is 11.2. The van der Waals surface area contributed by atoms with Crippen molar-refractivity contribution < 1.29 is 33.2 Å². The standard InChI is InChI=1S/C37H37N7O8/c1-19-14-21(34(46)39-18-38-29(45)13-12-28-40-31-33(41-28)43(4)37(49)44(5)35(31)47)15-20(2)32(19)52-36(48)30-24-16-22(50-6)8-10-26(24)42(3)27-11-9-23(51-7)17-25(27)30/h8-11,14-17H,12-13,18H2,1-7H3,(H2-,38,39,40,41,45,46,47)/p+1. The number of rotatable bonds is 10. The van der Waals surface area contributed by atoms with E-state index in [0.29, 0.717) is 56.1 Å². The second kappa shape index (κ2) is 14.0. The van der Waals surface area contributed by atoms with E-state index in [1.165, 1.54) is 18.7 Å². The smallest absolute Gasteiger partial charge is 0.345 e. The van der Waals surface area contributed by atoms with Gasteiger partial charge in [0.2, 0.25) is 16.9 Å². The van der Waals surface area contributed by atoms with Crippen LogP contribution in [0.25, 0.3) is 33.0 Å². The predicted octanol–water partition coefficient (Wildman–Crippen LogP) is 2.38. The number of aryl methyl sites for hydroxylation is 5. The van der Waals surface area contributed by atoms with E-state index in [9.17, 15) is 24.0 Å². The van der Waals surface area contributed by atoms with Crippen molar-refractivity contribution in [3.63, 3.8) is 0 Å². The van der Waals surface area contributed by atoms with Gasteiger partial charge in [-0.05, 0) is 61.4 Å². The van der Waals surface area contributed by atoms with Crippen LogP contribution < -0.4 is 40.7 Å². The van der Waals surface area contributed by atoms with Crippen LogP contribution in [0.15, 0.2) is 58.1 Å². The highest BCUT2D eigenvalue weighted by atomic mass is 16.5. The molecule has 15 heteroatoms. The number of fused-ring (bicyclic) bond motifs is 3. The molecular formula is C37H38N7O8+. The lowest BCUT2D eigenvalue weighted by molar-refractivity contribution is -0.617. The fraction of sp³-hybridized carbons (Fsp3) is 0.270. The molecule has 6 aromatic rings. The summed E-state index contributed by atoms with van der Waals surface area (Å²) in [6.07, 6.45) is 0.199. The number of carbonyl (C=O) groups excluding carboxylic acids is 3. The summed E-state index contributed by atoms with van der Waals surface area (Å²) < 4.78 is 21.2. The van der Waals surface area contributed by atoms with E-state index < -0.39 is 23.1 Å². The molecule has 3 N–H and O–H groups in total. The molecule has 0 saturated carbocycles. The van der Waals surface area contributed by atoms with Crippen LogP contribution in [0.3, 0.4) is 0 Å². The van der Waals surface area contributed by atoms with Crippen LogP contribution in [0, 0.1) is 13.8 Å². The van der Waals surface area contributed by atoms with Gasteiger partial charge < -0.3 is 29.8 Å². The molecule has 52 heavy (non-hydrogen) atoms. The van der Waals surface area contributed by atoms with Crippen molar-refractivity contribution in [1.29, 1.82) is 0 Å². The van der Waals surface area contributed by atoms with Crippen molar-refractivity contribution >= 4 is 50.8 Å². The minimum absolute atomic E-state index is 0.0199. The minimum Gasteiger partial charge on any atom is -0.497 e. The lowest BCUT2D eigenvalue weighted by atomic mass is 10.0. The van der Waals surface area contributed by atoms with Crippen molar-refractivity contribution in [2.24, 2.45) is 21.1 Å². The summed E-state index contributed by atoms with van der Waals surface area (Å²) in [5.74, 6) is 0.469. The molecule has 0 saturated heterocycles. The molecule has 0 spiro atoms. The molecule has 0 bridgehead atoms. The molecule has 3 aromatic carbocycles. The third-order valence-electron chi connectivity index (χ3n) is 9.06. The summed E-state index contributed by atoms with van der Waals surface area (Å²) in [6.45, 7) is 3.35. The summed E-state index contributed by atoms with van der Waals surface area (Å²) >= 11 is 0. The first-order valence-corrected chi connectivity index (χ1v) is 16.3. The van der Waals surface area contributed by atoms with E-state index in [4.69, 9.17) is 14.2 Å². The molecule has 0 atom stereocenters. The SMILES string of the molecule is COc1ccc2c(c1)c(C(=O)Oc1c(C)cc(C(=O)NCNC(=O)CCc3nc4c(=O)n(C)c(=O)n(C)c4[nH]3)cc1C)c1cc(OC)ccc1[n+]2C. The summed E-state index contributed by atoms with van der Waals surface area (Å²) in [5.41, 5.74) is 2.74. The first kappa shape index (κ1) is 35.3. The zero-order valence-corrected chi connectivity index (χ0v) is 29.8. The average Bonchev–Trinajstić information content (AvgIpc) is 3.58. The number of ether oxygens (including phenoxy) is 3. The molecule has 0 unspecified atom stereocenters. The van der Waals surface area contributed by atoms with Crippen molar-refractivity contribution in [1.82, 2.24) is 29.7 Å². The van der Waals surface area contributed by atoms with Gasteiger partial charge in [-0.1, -0.05) is 0 Å². The molecule has 0 aliphatic rings. The molecule has 3 heterocycles. The number of carbonyl (C=O) groups is 3. The number of H-pyrrole nitrogens is 1. The number of amides is 2. The van der Waals surface area contributed by atoms with Crippen molar-refractivity contribution in [2.45, 2.75) is 26.7 Å². The van der Waals surface area contributed by atoms with Crippen molar-refractivity contribution in [3.05, 3.63) is 97.4 Å². The third-order valence-corrected chi connectivity index (χ3v) is 9.06. The first-order valence-electron chi connectivity index (χ1n) is 16.3. The number of methoxy groups -OCH3 is 2. The highest BCUT2D eigenvalue weighted by molar-refractivity contribution is 6.14.